The summed E-state index contributed by atoms with van der Waals surface area (Å²) in [5.41, 5.74) is 3.51. The number of halogens is 3. The van der Waals surface area contributed by atoms with E-state index < -0.39 is 17.7 Å². The molecule has 0 spiro atoms. The van der Waals surface area contributed by atoms with Crippen LogP contribution in [0.5, 0.6) is 0 Å². The summed E-state index contributed by atoms with van der Waals surface area (Å²) in [5.74, 6) is -0.485. The van der Waals surface area contributed by atoms with Crippen LogP contribution in [0, 0.1) is 12.8 Å². The third-order valence-electron chi connectivity index (χ3n) is 6.15. The van der Waals surface area contributed by atoms with E-state index in [2.05, 4.69) is 12.1 Å². The van der Waals surface area contributed by atoms with Crippen LogP contribution >= 0.6 is 11.8 Å². The molecule has 0 N–H and O–H groups in total. The molecule has 0 aliphatic heterocycles. The number of hydrogen-bond donors (Lipinski definition) is 0. The van der Waals surface area contributed by atoms with Crippen molar-refractivity contribution in [1.29, 1.82) is 0 Å². The van der Waals surface area contributed by atoms with Gasteiger partial charge in [0.05, 0.1) is 5.56 Å². The second-order valence-corrected chi connectivity index (χ2v) is 9.61. The largest absolute Gasteiger partial charge is 0.417 e. The summed E-state index contributed by atoms with van der Waals surface area (Å²) in [4.78, 5) is 26.3. The van der Waals surface area contributed by atoms with Gasteiger partial charge in [0.2, 0.25) is 0 Å². The van der Waals surface area contributed by atoms with E-state index in [0.29, 0.717) is 25.0 Å². The number of carbonyl (C=O) groups excluding carboxylic acids is 2. The van der Waals surface area contributed by atoms with Crippen molar-refractivity contribution in [1.82, 2.24) is 0 Å². The third-order valence-corrected chi connectivity index (χ3v) is 7.25. The number of carbonyl (C=O) groups is 2. The first-order valence-electron chi connectivity index (χ1n) is 11.1. The zero-order valence-electron chi connectivity index (χ0n) is 18.7. The average Bonchev–Trinajstić information content (AvgIpc) is 2.73. The summed E-state index contributed by atoms with van der Waals surface area (Å²) in [6, 6.07) is 9.65. The first-order valence-corrected chi connectivity index (χ1v) is 12.1. The minimum absolute atomic E-state index is 0.0554. The summed E-state index contributed by atoms with van der Waals surface area (Å²) in [6.45, 7) is 6.10. The lowest BCUT2D eigenvalue weighted by Crippen LogP contribution is -2.33. The Hall–Kier alpha value is -2.08. The van der Waals surface area contributed by atoms with Crippen LogP contribution in [-0.2, 0) is 28.6 Å². The van der Waals surface area contributed by atoms with E-state index in [4.69, 9.17) is 0 Å². The second kappa shape index (κ2) is 10.2. The Morgan fingerprint density at radius 3 is 2.06 bits per heavy atom. The minimum Gasteiger partial charge on any atom is -0.299 e. The molecule has 3 rings (SSSR count). The zero-order chi connectivity index (χ0) is 23.5. The number of Topliss-reactive ketones (excluding diaryl/α,β-unsaturated/α-hetero) is 2. The van der Waals surface area contributed by atoms with Crippen LogP contribution in [0.1, 0.15) is 66.8 Å². The molecule has 0 bridgehead atoms. The van der Waals surface area contributed by atoms with E-state index in [1.165, 1.54) is 12.1 Å². The smallest absolute Gasteiger partial charge is 0.299 e. The average molecular weight is 463 g/mol. The lowest BCUT2D eigenvalue weighted by Gasteiger charge is -2.29. The number of aryl methyl sites for hydroxylation is 3. The highest BCUT2D eigenvalue weighted by Gasteiger charge is 2.38. The summed E-state index contributed by atoms with van der Waals surface area (Å²) < 4.78 is 39.5. The number of alkyl halides is 3. The van der Waals surface area contributed by atoms with Crippen LogP contribution in [0.15, 0.2) is 41.3 Å². The van der Waals surface area contributed by atoms with E-state index in [-0.39, 0.29) is 22.4 Å². The highest BCUT2D eigenvalue weighted by Crippen LogP contribution is 2.39. The van der Waals surface area contributed by atoms with Gasteiger partial charge in [-0.05, 0) is 66.7 Å². The van der Waals surface area contributed by atoms with Gasteiger partial charge in [-0.1, -0.05) is 43.7 Å². The molecule has 0 amide bonds. The van der Waals surface area contributed by atoms with Crippen LogP contribution < -0.4 is 0 Å². The number of hydrogen-bond acceptors (Lipinski definition) is 3. The zero-order valence-corrected chi connectivity index (χ0v) is 19.5. The summed E-state index contributed by atoms with van der Waals surface area (Å²) >= 11 is 1.14. The van der Waals surface area contributed by atoms with Gasteiger partial charge in [-0.15, -0.1) is 11.8 Å². The molecule has 32 heavy (non-hydrogen) atoms. The maximum absolute atomic E-state index is 13.2. The van der Waals surface area contributed by atoms with Gasteiger partial charge in [0.15, 0.2) is 0 Å². The van der Waals surface area contributed by atoms with Crippen LogP contribution in [-0.4, -0.2) is 17.3 Å². The number of benzene rings is 2. The first kappa shape index (κ1) is 24.6. The predicted octanol–water partition coefficient (Wildman–Crippen LogP) is 6.95. The maximum atomic E-state index is 13.2. The lowest BCUT2D eigenvalue weighted by atomic mass is 9.73. The topological polar surface area (TPSA) is 34.1 Å². The molecular weight excluding hydrogens is 433 g/mol. The highest BCUT2D eigenvalue weighted by molar-refractivity contribution is 7.99. The molecule has 0 radical (unpaired) electrons. The molecule has 1 fully saturated rings. The highest BCUT2D eigenvalue weighted by atomic mass is 32.2. The molecule has 2 aromatic carbocycles. The SMILES string of the molecule is CCc1cc(C)cc(CC)c1C1C(=O)CC(CCSc2ccccc2C(F)(F)F)CC1=O. The Labute approximate surface area is 192 Å². The first-order chi connectivity index (χ1) is 15.2. The van der Waals surface area contributed by atoms with Crippen molar-refractivity contribution < 1.29 is 22.8 Å². The standard InChI is InChI=1S/C26H29F3O2S/c1-4-18-12-16(3)13-19(5-2)24(18)25-21(30)14-17(15-22(25)31)10-11-32-23-9-7-6-8-20(23)26(27,28)29/h6-9,12-13,17,25H,4-5,10-11,14-15H2,1-3H3. The minimum atomic E-state index is -4.39. The fourth-order valence-corrected chi connectivity index (χ4v) is 5.84. The Morgan fingerprint density at radius 2 is 1.53 bits per heavy atom. The maximum Gasteiger partial charge on any atom is 0.417 e. The molecule has 2 nitrogen and oxygen atoms in total. The fraction of sp³-hybridized carbons (Fsp3) is 0.462. The third kappa shape index (κ3) is 5.45. The van der Waals surface area contributed by atoms with E-state index in [1.54, 1.807) is 6.07 Å². The van der Waals surface area contributed by atoms with Gasteiger partial charge >= 0.3 is 6.18 Å². The Bertz CT molecular complexity index is 954. The summed E-state index contributed by atoms with van der Waals surface area (Å²) in [6.07, 6.45) is -1.72. The van der Waals surface area contributed by atoms with Crippen molar-refractivity contribution in [2.75, 3.05) is 5.75 Å². The van der Waals surface area contributed by atoms with Gasteiger partial charge in [0.25, 0.3) is 0 Å². The molecule has 0 atom stereocenters. The van der Waals surface area contributed by atoms with E-state index in [9.17, 15) is 22.8 Å². The van der Waals surface area contributed by atoms with Crippen LogP contribution in [0.2, 0.25) is 0 Å². The Kier molecular flexibility index (Phi) is 7.86. The van der Waals surface area contributed by atoms with Crippen molar-refractivity contribution >= 4 is 23.3 Å². The molecule has 172 valence electrons. The molecule has 1 aliphatic rings. The molecule has 2 aromatic rings. The van der Waals surface area contributed by atoms with Crippen LogP contribution in [0.25, 0.3) is 0 Å². The summed E-state index contributed by atoms with van der Waals surface area (Å²) in [7, 11) is 0. The van der Waals surface area contributed by atoms with Gasteiger partial charge < -0.3 is 0 Å². The fourth-order valence-electron chi connectivity index (χ4n) is 4.65. The molecule has 0 aromatic heterocycles. The number of ketones is 2. The molecule has 0 unspecified atom stereocenters. The van der Waals surface area contributed by atoms with Gasteiger partial charge in [-0.25, -0.2) is 0 Å². The van der Waals surface area contributed by atoms with Crippen LogP contribution in [0.4, 0.5) is 13.2 Å². The summed E-state index contributed by atoms with van der Waals surface area (Å²) in [5, 5.41) is 0. The quantitative estimate of drug-likeness (QED) is 0.330. The van der Waals surface area contributed by atoms with Gasteiger partial charge in [0.1, 0.15) is 17.5 Å². The van der Waals surface area contributed by atoms with Crippen LogP contribution in [0.3, 0.4) is 0 Å². The number of thioether (sulfide) groups is 1. The van der Waals surface area contributed by atoms with E-state index >= 15 is 0 Å². The van der Waals surface area contributed by atoms with E-state index in [1.807, 2.05) is 20.8 Å². The lowest BCUT2D eigenvalue weighted by molar-refractivity contribution is -0.139. The van der Waals surface area contributed by atoms with Gasteiger partial charge in [-0.3, -0.25) is 9.59 Å². The van der Waals surface area contributed by atoms with E-state index in [0.717, 1.165) is 52.9 Å². The van der Waals surface area contributed by atoms with Crippen molar-refractivity contribution in [3.05, 3.63) is 64.2 Å². The van der Waals surface area contributed by atoms with Gasteiger partial charge in [0, 0.05) is 17.7 Å². The predicted molar refractivity (Wildman–Crippen MR) is 122 cm³/mol. The Morgan fingerprint density at radius 1 is 0.969 bits per heavy atom. The molecule has 6 heteroatoms. The molecule has 0 heterocycles. The molecule has 1 saturated carbocycles. The molecule has 1 aliphatic carbocycles. The molecule has 0 saturated heterocycles. The van der Waals surface area contributed by atoms with Crippen molar-refractivity contribution in [2.45, 2.75) is 69.9 Å². The number of rotatable bonds is 7. The van der Waals surface area contributed by atoms with Crippen molar-refractivity contribution in [3.63, 3.8) is 0 Å². The van der Waals surface area contributed by atoms with Gasteiger partial charge in [-0.2, -0.15) is 13.2 Å². The molecular formula is C26H29F3O2S. The monoisotopic (exact) mass is 462 g/mol. The normalized spacial score (nSPS) is 19.4. The van der Waals surface area contributed by atoms with Crippen molar-refractivity contribution in [2.24, 2.45) is 5.92 Å². The van der Waals surface area contributed by atoms with Crippen molar-refractivity contribution in [3.8, 4) is 0 Å². The second-order valence-electron chi connectivity index (χ2n) is 8.47. The Balaban J connectivity index is 1.70.